The van der Waals surface area contributed by atoms with Gasteiger partial charge in [-0.2, -0.15) is 8.78 Å². The molecule has 0 radical (unpaired) electrons. The van der Waals surface area contributed by atoms with Gasteiger partial charge in [0.25, 0.3) is 0 Å². The van der Waals surface area contributed by atoms with Gasteiger partial charge in [-0.15, -0.1) is 24.0 Å². The molecule has 8 heteroatoms. The van der Waals surface area contributed by atoms with Crippen LogP contribution in [0.25, 0.3) is 0 Å². The number of aliphatic imine (C=N–C) groups is 1. The average Bonchev–Trinajstić information content (AvgIpc) is 3.16. The Hall–Kier alpha value is -2.10. The summed E-state index contributed by atoms with van der Waals surface area (Å²) in [6, 6.07) is 17.3. The lowest BCUT2D eigenvalue weighted by Gasteiger charge is -2.20. The van der Waals surface area contributed by atoms with E-state index in [2.05, 4.69) is 37.4 Å². The Morgan fingerprint density at radius 1 is 1.17 bits per heavy atom. The van der Waals surface area contributed by atoms with Crippen molar-refractivity contribution in [3.8, 4) is 5.75 Å². The van der Waals surface area contributed by atoms with Crippen LogP contribution in [0.4, 0.5) is 14.5 Å². The van der Waals surface area contributed by atoms with Gasteiger partial charge >= 0.3 is 6.61 Å². The molecule has 29 heavy (non-hydrogen) atoms. The van der Waals surface area contributed by atoms with Crippen LogP contribution in [0.3, 0.4) is 0 Å². The van der Waals surface area contributed by atoms with Gasteiger partial charge in [-0.1, -0.05) is 36.4 Å². The lowest BCUT2D eigenvalue weighted by Crippen LogP contribution is -2.44. The Morgan fingerprint density at radius 3 is 2.62 bits per heavy atom. The van der Waals surface area contributed by atoms with Crippen molar-refractivity contribution < 1.29 is 13.5 Å². The van der Waals surface area contributed by atoms with Crippen LogP contribution < -0.4 is 20.3 Å². The van der Waals surface area contributed by atoms with Gasteiger partial charge in [0, 0.05) is 36.9 Å². The van der Waals surface area contributed by atoms with E-state index in [1.54, 1.807) is 18.2 Å². The van der Waals surface area contributed by atoms with E-state index in [1.807, 2.05) is 25.1 Å². The zero-order chi connectivity index (χ0) is 19.8. The molecule has 1 heterocycles. The second-order valence-corrected chi connectivity index (χ2v) is 6.59. The van der Waals surface area contributed by atoms with Crippen LogP contribution in [0, 0.1) is 0 Å². The van der Waals surface area contributed by atoms with Crippen LogP contribution in [0.15, 0.2) is 59.6 Å². The molecular weight excluding hydrogens is 489 g/mol. The summed E-state index contributed by atoms with van der Waals surface area (Å²) in [5.74, 6) is 0.836. The molecule has 0 spiro atoms. The van der Waals surface area contributed by atoms with Gasteiger partial charge in [-0.05, 0) is 31.5 Å². The van der Waals surface area contributed by atoms with Crippen LogP contribution in [0.2, 0.25) is 0 Å². The summed E-state index contributed by atoms with van der Waals surface area (Å²) < 4.78 is 29.7. The minimum atomic E-state index is -2.85. The number of rotatable bonds is 7. The van der Waals surface area contributed by atoms with Crippen molar-refractivity contribution in [3.63, 3.8) is 0 Å². The van der Waals surface area contributed by atoms with Crippen LogP contribution in [0.1, 0.15) is 18.9 Å². The fourth-order valence-corrected chi connectivity index (χ4v) is 3.27. The number of halogens is 3. The molecule has 0 aromatic heterocycles. The van der Waals surface area contributed by atoms with Crippen LogP contribution in [-0.4, -0.2) is 38.2 Å². The molecule has 2 N–H and O–H groups in total. The molecule has 5 nitrogen and oxygen atoms in total. The minimum Gasteiger partial charge on any atom is -0.434 e. The third-order valence-corrected chi connectivity index (χ3v) is 4.59. The Labute approximate surface area is 187 Å². The number of nitrogens with one attached hydrogen (secondary N) is 2. The molecule has 0 aliphatic carbocycles. The van der Waals surface area contributed by atoms with Crippen molar-refractivity contribution in [3.05, 3.63) is 60.2 Å². The maximum absolute atomic E-state index is 12.6. The van der Waals surface area contributed by atoms with E-state index in [4.69, 9.17) is 0 Å². The second-order valence-electron chi connectivity index (χ2n) is 6.59. The third-order valence-electron chi connectivity index (χ3n) is 4.59. The highest BCUT2D eigenvalue weighted by atomic mass is 127. The molecule has 2 aromatic rings. The van der Waals surface area contributed by atoms with Gasteiger partial charge in [0.05, 0.1) is 6.54 Å². The first-order valence-corrected chi connectivity index (χ1v) is 9.53. The predicted octanol–water partition coefficient (Wildman–Crippen LogP) is 4.24. The van der Waals surface area contributed by atoms with E-state index in [0.717, 1.165) is 26.1 Å². The molecule has 1 aliphatic heterocycles. The number of alkyl halides is 2. The monoisotopic (exact) mass is 516 g/mol. The number of nitrogens with zero attached hydrogens (tertiary/aromatic N) is 2. The number of para-hydroxylation sites is 2. The number of benzene rings is 2. The molecule has 1 unspecified atom stereocenters. The standard InChI is InChI=1S/C21H26F2N4O.HI/c1-2-24-21(25-14-16-8-6-7-11-19(16)28-20(22)23)26-17-12-13-27(15-17)18-9-4-3-5-10-18;/h3-11,17,20H,2,12-15H2,1H3,(H2,24,25,26);1H. The summed E-state index contributed by atoms with van der Waals surface area (Å²) in [7, 11) is 0. The van der Waals surface area contributed by atoms with Gasteiger partial charge < -0.3 is 20.3 Å². The van der Waals surface area contributed by atoms with Gasteiger partial charge in [0.2, 0.25) is 0 Å². The topological polar surface area (TPSA) is 48.9 Å². The largest absolute Gasteiger partial charge is 0.434 e. The number of hydrogen-bond acceptors (Lipinski definition) is 3. The molecule has 0 saturated carbocycles. The van der Waals surface area contributed by atoms with Gasteiger partial charge in [0.15, 0.2) is 5.96 Å². The third kappa shape index (κ3) is 7.02. The Morgan fingerprint density at radius 2 is 1.90 bits per heavy atom. The SMILES string of the molecule is CCNC(=NCc1ccccc1OC(F)F)NC1CCN(c2ccccc2)C1.I. The first kappa shape index (κ1) is 23.2. The van der Waals surface area contributed by atoms with Crippen molar-refractivity contribution in [1.82, 2.24) is 10.6 Å². The molecule has 1 saturated heterocycles. The molecule has 2 aromatic carbocycles. The lowest BCUT2D eigenvalue weighted by molar-refractivity contribution is -0.0504. The summed E-state index contributed by atoms with van der Waals surface area (Å²) in [4.78, 5) is 6.90. The van der Waals surface area contributed by atoms with E-state index >= 15 is 0 Å². The molecule has 3 rings (SSSR count). The number of ether oxygens (including phenoxy) is 1. The van der Waals surface area contributed by atoms with E-state index in [1.165, 1.54) is 11.8 Å². The maximum Gasteiger partial charge on any atom is 0.387 e. The average molecular weight is 516 g/mol. The smallest absolute Gasteiger partial charge is 0.387 e. The van der Waals surface area contributed by atoms with E-state index in [-0.39, 0.29) is 42.3 Å². The summed E-state index contributed by atoms with van der Waals surface area (Å²) >= 11 is 0. The zero-order valence-corrected chi connectivity index (χ0v) is 18.7. The highest BCUT2D eigenvalue weighted by Gasteiger charge is 2.23. The molecule has 0 amide bonds. The van der Waals surface area contributed by atoms with Gasteiger partial charge in [-0.3, -0.25) is 0 Å². The van der Waals surface area contributed by atoms with Crippen LogP contribution in [-0.2, 0) is 6.54 Å². The van der Waals surface area contributed by atoms with Crippen molar-refractivity contribution in [2.75, 3.05) is 24.5 Å². The summed E-state index contributed by atoms with van der Waals surface area (Å²) in [5, 5.41) is 6.68. The predicted molar refractivity (Wildman–Crippen MR) is 124 cm³/mol. The van der Waals surface area contributed by atoms with Gasteiger partial charge in [-0.25, -0.2) is 4.99 Å². The second kappa shape index (κ2) is 11.8. The van der Waals surface area contributed by atoms with Gasteiger partial charge in [0.1, 0.15) is 5.75 Å². The van der Waals surface area contributed by atoms with Crippen LogP contribution in [0.5, 0.6) is 5.75 Å². The highest BCUT2D eigenvalue weighted by Crippen LogP contribution is 2.22. The Kier molecular flexibility index (Phi) is 9.43. The number of hydrogen-bond donors (Lipinski definition) is 2. The molecule has 1 aliphatic rings. The Bertz CT molecular complexity index is 776. The molecule has 0 bridgehead atoms. The summed E-state index contributed by atoms with van der Waals surface area (Å²) in [6.07, 6.45) is 1.00. The normalized spacial score (nSPS) is 16.5. The zero-order valence-electron chi connectivity index (χ0n) is 16.4. The van der Waals surface area contributed by atoms with E-state index in [9.17, 15) is 8.78 Å². The molecule has 1 fully saturated rings. The first-order valence-electron chi connectivity index (χ1n) is 9.53. The van der Waals surface area contributed by atoms with Crippen molar-refractivity contribution in [2.24, 2.45) is 4.99 Å². The first-order chi connectivity index (χ1) is 13.7. The van der Waals surface area contributed by atoms with Crippen molar-refractivity contribution in [1.29, 1.82) is 0 Å². The fourth-order valence-electron chi connectivity index (χ4n) is 3.27. The summed E-state index contributed by atoms with van der Waals surface area (Å²) in [5.41, 5.74) is 1.84. The van der Waals surface area contributed by atoms with E-state index < -0.39 is 6.61 Å². The quantitative estimate of drug-likeness (QED) is 0.329. The molecule has 1 atom stereocenters. The van der Waals surface area contributed by atoms with Crippen molar-refractivity contribution in [2.45, 2.75) is 32.5 Å². The van der Waals surface area contributed by atoms with Crippen molar-refractivity contribution >= 4 is 35.6 Å². The number of anilines is 1. The van der Waals surface area contributed by atoms with E-state index in [0.29, 0.717) is 11.5 Å². The number of guanidine groups is 1. The molecular formula is C21H27F2IN4O. The maximum atomic E-state index is 12.6. The molecule has 158 valence electrons. The Balaban J connectivity index is 0.00000300. The highest BCUT2D eigenvalue weighted by molar-refractivity contribution is 14.0. The fraction of sp³-hybridized carbons (Fsp3) is 0.381. The minimum absolute atomic E-state index is 0. The van der Waals surface area contributed by atoms with Crippen LogP contribution >= 0.6 is 24.0 Å². The summed E-state index contributed by atoms with van der Waals surface area (Å²) in [6.45, 7) is 1.99. The lowest BCUT2D eigenvalue weighted by atomic mass is 10.2.